The van der Waals surface area contributed by atoms with Crippen LogP contribution in [-0.2, 0) is 10.0 Å². The van der Waals surface area contributed by atoms with Crippen LogP contribution >= 0.6 is 0 Å². The van der Waals surface area contributed by atoms with Crippen LogP contribution in [0.3, 0.4) is 0 Å². The number of nitrogens with one attached hydrogen (secondary N) is 1. The van der Waals surface area contributed by atoms with Crippen LogP contribution in [0.5, 0.6) is 5.75 Å². The maximum absolute atomic E-state index is 13.3. The molecular formula is C27H20N2O4S. The average molecular weight is 469 g/mol. The Labute approximate surface area is 197 Å². The number of carbonyl (C=O) groups is 1. The topological polar surface area (TPSA) is 84.8 Å². The van der Waals surface area contributed by atoms with Gasteiger partial charge in [-0.3, -0.25) is 4.79 Å². The summed E-state index contributed by atoms with van der Waals surface area (Å²) >= 11 is 0. The fourth-order valence-corrected chi connectivity index (χ4v) is 4.93. The van der Waals surface area contributed by atoms with E-state index in [4.69, 9.17) is 4.74 Å². The molecule has 34 heavy (non-hydrogen) atoms. The SMILES string of the molecule is COc1ccccc1NC1=C/C(=N\S(=O)(=O)c2ccc3ccccc3c2)c2ccccc2C1=O. The summed E-state index contributed by atoms with van der Waals surface area (Å²) in [5.74, 6) is 0.292. The summed E-state index contributed by atoms with van der Waals surface area (Å²) in [5.41, 5.74) is 1.80. The Morgan fingerprint density at radius 3 is 2.26 bits per heavy atom. The molecule has 5 rings (SSSR count). The molecule has 4 aromatic rings. The number of allylic oxidation sites excluding steroid dienone is 2. The van der Waals surface area contributed by atoms with Gasteiger partial charge in [0.25, 0.3) is 10.0 Å². The van der Waals surface area contributed by atoms with Gasteiger partial charge in [0.15, 0.2) is 0 Å². The molecule has 0 unspecified atom stereocenters. The Hall–Kier alpha value is -4.23. The van der Waals surface area contributed by atoms with Crippen LogP contribution in [0, 0.1) is 0 Å². The zero-order valence-corrected chi connectivity index (χ0v) is 19.0. The van der Waals surface area contributed by atoms with Crippen molar-refractivity contribution < 1.29 is 17.9 Å². The Morgan fingerprint density at radius 1 is 0.794 bits per heavy atom. The number of benzene rings is 4. The van der Waals surface area contributed by atoms with Gasteiger partial charge in [-0.15, -0.1) is 0 Å². The van der Waals surface area contributed by atoms with Crippen molar-refractivity contribution in [3.8, 4) is 5.75 Å². The van der Waals surface area contributed by atoms with E-state index in [1.165, 1.54) is 13.2 Å². The summed E-state index contributed by atoms with van der Waals surface area (Å²) < 4.78 is 36.0. The first-order valence-corrected chi connectivity index (χ1v) is 12.0. The number of Topliss-reactive ketones (excluding diaryl/α,β-unsaturated/α-hetero) is 1. The lowest BCUT2D eigenvalue weighted by atomic mass is 9.92. The molecule has 7 heteroatoms. The fraction of sp³-hybridized carbons (Fsp3) is 0.0370. The van der Waals surface area contributed by atoms with E-state index in [-0.39, 0.29) is 22.1 Å². The third-order valence-corrected chi connectivity index (χ3v) is 6.87. The fourth-order valence-electron chi connectivity index (χ4n) is 3.90. The highest BCUT2D eigenvalue weighted by Gasteiger charge is 2.26. The largest absolute Gasteiger partial charge is 0.495 e. The molecule has 0 atom stereocenters. The number of methoxy groups -OCH3 is 1. The summed E-state index contributed by atoms with van der Waals surface area (Å²) in [6.45, 7) is 0. The highest BCUT2D eigenvalue weighted by Crippen LogP contribution is 2.29. The van der Waals surface area contributed by atoms with Crippen LogP contribution in [0.1, 0.15) is 15.9 Å². The van der Waals surface area contributed by atoms with E-state index in [0.717, 1.165) is 10.8 Å². The molecule has 6 nitrogen and oxygen atoms in total. The summed E-state index contributed by atoms with van der Waals surface area (Å²) in [4.78, 5) is 13.3. The van der Waals surface area contributed by atoms with Gasteiger partial charge in [0.1, 0.15) is 5.75 Å². The maximum Gasteiger partial charge on any atom is 0.282 e. The van der Waals surface area contributed by atoms with Gasteiger partial charge in [-0.05, 0) is 41.1 Å². The Kier molecular flexibility index (Phi) is 5.47. The van der Waals surface area contributed by atoms with Crippen molar-refractivity contribution in [1.82, 2.24) is 0 Å². The molecule has 0 aliphatic heterocycles. The van der Waals surface area contributed by atoms with E-state index < -0.39 is 10.0 Å². The van der Waals surface area contributed by atoms with E-state index in [2.05, 4.69) is 9.71 Å². The lowest BCUT2D eigenvalue weighted by Crippen LogP contribution is -2.22. The Balaban J connectivity index is 1.62. The van der Waals surface area contributed by atoms with Gasteiger partial charge >= 0.3 is 0 Å². The molecule has 0 saturated carbocycles. The van der Waals surface area contributed by atoms with Crippen LogP contribution in [0.15, 0.2) is 112 Å². The van der Waals surface area contributed by atoms with Crippen LogP contribution < -0.4 is 10.1 Å². The molecule has 0 spiro atoms. The number of fused-ring (bicyclic) bond motifs is 2. The second kappa shape index (κ2) is 8.61. The van der Waals surface area contributed by atoms with Crippen molar-refractivity contribution in [2.75, 3.05) is 12.4 Å². The third-order valence-electron chi connectivity index (χ3n) is 5.59. The molecule has 1 aliphatic carbocycles. The van der Waals surface area contributed by atoms with Gasteiger partial charge in [0.2, 0.25) is 5.78 Å². The van der Waals surface area contributed by atoms with Crippen LogP contribution in [0.25, 0.3) is 10.8 Å². The minimum Gasteiger partial charge on any atom is -0.495 e. The van der Waals surface area contributed by atoms with Crippen LogP contribution in [0.4, 0.5) is 5.69 Å². The van der Waals surface area contributed by atoms with Crippen molar-refractivity contribution >= 4 is 38.0 Å². The number of ketones is 1. The predicted octanol–water partition coefficient (Wildman–Crippen LogP) is 5.22. The van der Waals surface area contributed by atoms with Crippen molar-refractivity contribution in [1.29, 1.82) is 0 Å². The van der Waals surface area contributed by atoms with Gasteiger partial charge in [-0.25, -0.2) is 0 Å². The maximum atomic E-state index is 13.3. The van der Waals surface area contributed by atoms with Crippen LogP contribution in [0.2, 0.25) is 0 Å². The minimum atomic E-state index is -4.04. The molecule has 0 bridgehead atoms. The van der Waals surface area contributed by atoms with Gasteiger partial charge < -0.3 is 10.1 Å². The van der Waals surface area contributed by atoms with E-state index >= 15 is 0 Å². The number of carbonyl (C=O) groups excluding carboxylic acids is 1. The molecule has 0 fully saturated rings. The molecular weight excluding hydrogens is 448 g/mol. The van der Waals surface area contributed by atoms with E-state index in [1.807, 2.05) is 36.4 Å². The number of sulfonamides is 1. The summed E-state index contributed by atoms with van der Waals surface area (Å²) in [6.07, 6.45) is 1.47. The van der Waals surface area contributed by atoms with E-state index in [0.29, 0.717) is 22.6 Å². The monoisotopic (exact) mass is 468 g/mol. The smallest absolute Gasteiger partial charge is 0.282 e. The predicted molar refractivity (Wildman–Crippen MR) is 133 cm³/mol. The Morgan fingerprint density at radius 2 is 1.47 bits per heavy atom. The summed E-state index contributed by atoms with van der Waals surface area (Å²) in [7, 11) is -2.50. The van der Waals surface area contributed by atoms with Gasteiger partial charge in [-0.2, -0.15) is 12.8 Å². The van der Waals surface area contributed by atoms with Crippen LogP contribution in [-0.4, -0.2) is 27.0 Å². The zero-order valence-electron chi connectivity index (χ0n) is 18.2. The normalized spacial score (nSPS) is 14.6. The molecule has 1 aliphatic rings. The molecule has 0 radical (unpaired) electrons. The number of hydrogen-bond donors (Lipinski definition) is 1. The van der Waals surface area contributed by atoms with Crippen molar-refractivity contribution in [2.45, 2.75) is 4.90 Å². The molecule has 0 amide bonds. The highest BCUT2D eigenvalue weighted by molar-refractivity contribution is 7.90. The first-order chi connectivity index (χ1) is 16.5. The number of anilines is 1. The lowest BCUT2D eigenvalue weighted by molar-refractivity contribution is 0.103. The lowest BCUT2D eigenvalue weighted by Gasteiger charge is -2.19. The molecule has 0 saturated heterocycles. The second-order valence-electron chi connectivity index (χ2n) is 7.72. The average Bonchev–Trinajstić information content (AvgIpc) is 2.86. The van der Waals surface area contributed by atoms with E-state index in [1.54, 1.807) is 54.6 Å². The summed E-state index contributed by atoms with van der Waals surface area (Å²) in [5, 5.41) is 4.82. The highest BCUT2D eigenvalue weighted by atomic mass is 32.2. The number of hydrogen-bond acceptors (Lipinski definition) is 5. The Bertz CT molecular complexity index is 1600. The molecule has 0 heterocycles. The van der Waals surface area contributed by atoms with Crippen molar-refractivity contribution in [2.24, 2.45) is 4.40 Å². The number of para-hydroxylation sites is 2. The van der Waals surface area contributed by atoms with E-state index in [9.17, 15) is 13.2 Å². The zero-order chi connectivity index (χ0) is 23.7. The molecule has 168 valence electrons. The van der Waals surface area contributed by atoms with Gasteiger partial charge in [0.05, 0.1) is 29.1 Å². The minimum absolute atomic E-state index is 0.0840. The number of ether oxygens (including phenoxy) is 1. The number of nitrogens with zero attached hydrogens (tertiary/aromatic N) is 1. The van der Waals surface area contributed by atoms with Gasteiger partial charge in [-0.1, -0.05) is 66.7 Å². The first-order valence-electron chi connectivity index (χ1n) is 10.6. The molecule has 0 aromatic heterocycles. The third kappa shape index (κ3) is 3.97. The first kappa shape index (κ1) is 21.6. The van der Waals surface area contributed by atoms with Gasteiger partial charge in [0, 0.05) is 11.1 Å². The summed E-state index contributed by atoms with van der Waals surface area (Å²) in [6, 6.07) is 26.4. The van der Waals surface area contributed by atoms with Crippen molar-refractivity contribution in [3.05, 3.63) is 114 Å². The number of rotatable bonds is 5. The van der Waals surface area contributed by atoms with Crippen molar-refractivity contribution in [3.63, 3.8) is 0 Å². The second-order valence-corrected chi connectivity index (χ2v) is 9.32. The standard InChI is InChI=1S/C27H20N2O4S/c1-33-26-13-7-6-12-23(26)28-25-17-24(21-10-4-5-11-22(21)27(25)30)29-34(31,32)20-15-14-18-8-2-3-9-19(18)16-20/h2-17,28H,1H3/b29-24+. The quantitative estimate of drug-likeness (QED) is 0.434. The molecule has 4 aromatic carbocycles. The molecule has 1 N–H and O–H groups in total.